The zero-order valence-electron chi connectivity index (χ0n) is 11.1. The number of hydrogen-bond donors (Lipinski definition) is 2. The highest BCUT2D eigenvalue weighted by Gasteiger charge is 2.39. The average molecular weight is 272 g/mol. The number of nitrogens with two attached hydrogens (primary N) is 1. The molecule has 5 nitrogen and oxygen atoms in total. The van der Waals surface area contributed by atoms with Crippen LogP contribution in [0.5, 0.6) is 5.75 Å². The summed E-state index contributed by atoms with van der Waals surface area (Å²) < 4.78 is 27.7. The van der Waals surface area contributed by atoms with Gasteiger partial charge in [-0.2, -0.15) is 0 Å². The van der Waals surface area contributed by atoms with Gasteiger partial charge in [-0.05, 0) is 31.5 Å². The van der Waals surface area contributed by atoms with E-state index in [1.54, 1.807) is 45.2 Å². The van der Waals surface area contributed by atoms with Crippen LogP contribution >= 0.6 is 0 Å². The molecule has 0 saturated carbocycles. The van der Waals surface area contributed by atoms with Gasteiger partial charge in [0.1, 0.15) is 5.75 Å². The zero-order valence-corrected chi connectivity index (χ0v) is 11.9. The first-order chi connectivity index (χ1) is 8.24. The number of hydrazine groups is 1. The Kier molecular flexibility index (Phi) is 4.37. The van der Waals surface area contributed by atoms with Crippen molar-refractivity contribution in [3.8, 4) is 5.75 Å². The molecule has 0 saturated heterocycles. The topological polar surface area (TPSA) is 81.4 Å². The molecule has 18 heavy (non-hydrogen) atoms. The molecule has 0 fully saturated rings. The predicted molar refractivity (Wildman–Crippen MR) is 72.0 cm³/mol. The second-order valence-corrected chi connectivity index (χ2v) is 7.34. The van der Waals surface area contributed by atoms with Crippen molar-refractivity contribution in [2.75, 3.05) is 13.4 Å². The Morgan fingerprint density at radius 2 is 1.78 bits per heavy atom. The molecule has 0 spiro atoms. The Morgan fingerprint density at radius 1 is 1.28 bits per heavy atom. The van der Waals surface area contributed by atoms with E-state index in [9.17, 15) is 8.42 Å². The summed E-state index contributed by atoms with van der Waals surface area (Å²) in [5.74, 6) is 6.23. The van der Waals surface area contributed by atoms with E-state index in [-0.39, 0.29) is 0 Å². The fourth-order valence-electron chi connectivity index (χ4n) is 1.71. The standard InChI is InChI=1S/C12H20N2O3S/c1-12(2,18(4,15)16)11(14-13)9-5-7-10(17-3)8-6-9/h5-8,11,14H,13H2,1-4H3. The van der Waals surface area contributed by atoms with E-state index in [0.29, 0.717) is 5.75 Å². The molecule has 0 bridgehead atoms. The predicted octanol–water partition coefficient (Wildman–Crippen LogP) is 1.02. The van der Waals surface area contributed by atoms with E-state index in [2.05, 4.69) is 5.43 Å². The Balaban J connectivity index is 3.17. The molecule has 1 aromatic carbocycles. The molecular formula is C12H20N2O3S. The number of sulfone groups is 1. The monoisotopic (exact) mass is 272 g/mol. The smallest absolute Gasteiger partial charge is 0.154 e. The summed E-state index contributed by atoms with van der Waals surface area (Å²) in [6.45, 7) is 3.30. The van der Waals surface area contributed by atoms with Gasteiger partial charge >= 0.3 is 0 Å². The minimum Gasteiger partial charge on any atom is -0.497 e. The summed E-state index contributed by atoms with van der Waals surface area (Å²) in [5.41, 5.74) is 3.38. The molecule has 1 atom stereocenters. The third-order valence-corrected chi connectivity index (χ3v) is 5.41. The maximum atomic E-state index is 11.8. The van der Waals surface area contributed by atoms with Gasteiger partial charge in [-0.3, -0.25) is 11.3 Å². The van der Waals surface area contributed by atoms with Crippen molar-refractivity contribution >= 4 is 9.84 Å². The van der Waals surface area contributed by atoms with Gasteiger partial charge in [0, 0.05) is 6.26 Å². The maximum Gasteiger partial charge on any atom is 0.154 e. The van der Waals surface area contributed by atoms with E-state index < -0.39 is 20.6 Å². The summed E-state index contributed by atoms with van der Waals surface area (Å²) >= 11 is 0. The molecule has 0 aromatic heterocycles. The molecule has 0 aliphatic heterocycles. The van der Waals surface area contributed by atoms with Gasteiger partial charge in [0.2, 0.25) is 0 Å². The maximum absolute atomic E-state index is 11.8. The summed E-state index contributed by atoms with van der Waals surface area (Å²) in [6, 6.07) is 6.67. The average Bonchev–Trinajstić information content (AvgIpc) is 2.29. The van der Waals surface area contributed by atoms with Crippen molar-refractivity contribution in [3.63, 3.8) is 0 Å². The summed E-state index contributed by atoms with van der Waals surface area (Å²) in [6.07, 6.45) is 1.21. The minimum absolute atomic E-state index is 0.488. The van der Waals surface area contributed by atoms with Crippen LogP contribution in [0.1, 0.15) is 25.5 Å². The van der Waals surface area contributed by atoms with Gasteiger partial charge < -0.3 is 4.74 Å². The lowest BCUT2D eigenvalue weighted by Crippen LogP contribution is -2.47. The summed E-state index contributed by atoms with van der Waals surface area (Å²) in [4.78, 5) is 0. The van der Waals surface area contributed by atoms with Crippen LogP contribution in [0.25, 0.3) is 0 Å². The molecule has 0 heterocycles. The lowest BCUT2D eigenvalue weighted by atomic mass is 9.96. The highest BCUT2D eigenvalue weighted by atomic mass is 32.2. The van der Waals surface area contributed by atoms with Crippen molar-refractivity contribution in [3.05, 3.63) is 29.8 Å². The third-order valence-electron chi connectivity index (χ3n) is 3.27. The van der Waals surface area contributed by atoms with Crippen LogP contribution < -0.4 is 16.0 Å². The SMILES string of the molecule is COc1ccc(C(NN)C(C)(C)S(C)(=O)=O)cc1. The van der Waals surface area contributed by atoms with Gasteiger partial charge in [0.05, 0.1) is 17.9 Å². The van der Waals surface area contributed by atoms with Crippen LogP contribution in [-0.2, 0) is 9.84 Å². The van der Waals surface area contributed by atoms with Crippen LogP contribution in [0, 0.1) is 0 Å². The number of methoxy groups -OCH3 is 1. The molecule has 3 N–H and O–H groups in total. The molecule has 102 valence electrons. The molecule has 1 aromatic rings. The first kappa shape index (κ1) is 14.9. The van der Waals surface area contributed by atoms with E-state index in [4.69, 9.17) is 10.6 Å². The van der Waals surface area contributed by atoms with E-state index in [1.807, 2.05) is 0 Å². The number of nitrogens with one attached hydrogen (secondary N) is 1. The van der Waals surface area contributed by atoms with Crippen LogP contribution in [0.4, 0.5) is 0 Å². The molecule has 0 aliphatic rings. The normalized spacial score (nSPS) is 14.3. The highest BCUT2D eigenvalue weighted by Crippen LogP contribution is 2.32. The molecule has 6 heteroatoms. The Morgan fingerprint density at radius 3 is 2.11 bits per heavy atom. The van der Waals surface area contributed by atoms with Crippen molar-refractivity contribution < 1.29 is 13.2 Å². The summed E-state index contributed by atoms with van der Waals surface area (Å²) in [7, 11) is -1.67. The van der Waals surface area contributed by atoms with Gasteiger partial charge in [-0.1, -0.05) is 12.1 Å². The van der Waals surface area contributed by atoms with E-state index in [1.165, 1.54) is 6.26 Å². The van der Waals surface area contributed by atoms with Crippen LogP contribution in [0.2, 0.25) is 0 Å². The van der Waals surface area contributed by atoms with Crippen molar-refractivity contribution in [2.45, 2.75) is 24.6 Å². The molecule has 0 radical (unpaired) electrons. The number of rotatable bonds is 5. The van der Waals surface area contributed by atoms with E-state index in [0.717, 1.165) is 5.56 Å². The molecule has 1 unspecified atom stereocenters. The molecular weight excluding hydrogens is 252 g/mol. The van der Waals surface area contributed by atoms with Gasteiger partial charge in [0.25, 0.3) is 0 Å². The van der Waals surface area contributed by atoms with Gasteiger partial charge in [0.15, 0.2) is 9.84 Å². The molecule has 1 rings (SSSR count). The number of hydrogen-bond acceptors (Lipinski definition) is 5. The van der Waals surface area contributed by atoms with Crippen molar-refractivity contribution in [1.82, 2.24) is 5.43 Å². The quantitative estimate of drug-likeness (QED) is 0.618. The second-order valence-electron chi connectivity index (χ2n) is 4.75. The van der Waals surface area contributed by atoms with Crippen LogP contribution in [0.3, 0.4) is 0 Å². The first-order valence-corrected chi connectivity index (χ1v) is 7.43. The van der Waals surface area contributed by atoms with Gasteiger partial charge in [-0.25, -0.2) is 8.42 Å². The van der Waals surface area contributed by atoms with E-state index >= 15 is 0 Å². The van der Waals surface area contributed by atoms with Crippen molar-refractivity contribution in [2.24, 2.45) is 5.84 Å². The highest BCUT2D eigenvalue weighted by molar-refractivity contribution is 7.92. The Labute approximate surface area is 108 Å². The Hall–Kier alpha value is -1.11. The van der Waals surface area contributed by atoms with Crippen molar-refractivity contribution in [1.29, 1.82) is 0 Å². The number of benzene rings is 1. The lowest BCUT2D eigenvalue weighted by Gasteiger charge is -2.32. The van der Waals surface area contributed by atoms with Gasteiger partial charge in [-0.15, -0.1) is 0 Å². The molecule has 0 aliphatic carbocycles. The zero-order chi connectivity index (χ0) is 14.0. The Bertz CT molecular complexity index is 495. The molecule has 0 amide bonds. The third kappa shape index (κ3) is 2.82. The first-order valence-electron chi connectivity index (χ1n) is 5.53. The fourth-order valence-corrected chi connectivity index (χ4v) is 2.34. The summed E-state index contributed by atoms with van der Waals surface area (Å²) in [5, 5.41) is 0. The number of ether oxygens (including phenoxy) is 1. The minimum atomic E-state index is -3.25. The van der Waals surface area contributed by atoms with Crippen LogP contribution in [-0.4, -0.2) is 26.5 Å². The van der Waals surface area contributed by atoms with Crippen LogP contribution in [0.15, 0.2) is 24.3 Å². The second kappa shape index (κ2) is 5.26. The lowest BCUT2D eigenvalue weighted by molar-refractivity contribution is 0.411. The largest absolute Gasteiger partial charge is 0.497 e. The fraction of sp³-hybridized carbons (Fsp3) is 0.500.